The maximum atomic E-state index is 13.7. The minimum Gasteiger partial charge on any atom is -0.316 e. The molecule has 1 nitrogen and oxygen atoms in total. The predicted octanol–water partition coefficient (Wildman–Crippen LogP) is 3.14. The van der Waals surface area contributed by atoms with Gasteiger partial charge in [0.05, 0.1) is 0 Å². The third-order valence-electron chi connectivity index (χ3n) is 4.79. The van der Waals surface area contributed by atoms with Crippen LogP contribution in [0.2, 0.25) is 0 Å². The number of hydrogen-bond donors (Lipinski definition) is 1. The van der Waals surface area contributed by atoms with Crippen LogP contribution in [0.1, 0.15) is 24.8 Å². The average Bonchev–Trinajstić information content (AvgIpc) is 2.83. The fraction of sp³-hybridized carbons (Fsp3) is 0.600. The van der Waals surface area contributed by atoms with E-state index in [-0.39, 0.29) is 11.6 Å². The van der Waals surface area contributed by atoms with E-state index in [1.807, 2.05) is 7.05 Å². The molecule has 0 bridgehead atoms. The summed E-state index contributed by atoms with van der Waals surface area (Å²) in [5.74, 6) is 1.40. The van der Waals surface area contributed by atoms with Gasteiger partial charge in [-0.25, -0.2) is 8.78 Å². The Kier molecular flexibility index (Phi) is 3.10. The molecular formula is C15H19F2N. The second-order valence-electron chi connectivity index (χ2n) is 5.64. The zero-order chi connectivity index (χ0) is 12.7. The van der Waals surface area contributed by atoms with Crippen LogP contribution in [0.15, 0.2) is 18.2 Å². The second kappa shape index (κ2) is 4.61. The highest BCUT2D eigenvalue weighted by atomic mass is 19.1. The number of likely N-dealkylation sites (N-methyl/N-ethyl adjacent to an activating group) is 1. The highest BCUT2D eigenvalue weighted by molar-refractivity contribution is 5.22. The van der Waals surface area contributed by atoms with Gasteiger partial charge in [-0.3, -0.25) is 0 Å². The van der Waals surface area contributed by atoms with Gasteiger partial charge in [0.25, 0.3) is 0 Å². The summed E-state index contributed by atoms with van der Waals surface area (Å²) in [4.78, 5) is 0. The first-order valence-electron chi connectivity index (χ1n) is 6.82. The smallest absolute Gasteiger partial charge is 0.129 e. The summed E-state index contributed by atoms with van der Waals surface area (Å²) in [6.45, 7) is 0. The number of halogens is 2. The molecule has 98 valence electrons. The number of benzene rings is 1. The number of nitrogens with one attached hydrogen (secondary N) is 1. The lowest BCUT2D eigenvalue weighted by molar-refractivity contribution is 0.415. The standard InChI is InChI=1S/C15H19F2N/c1-18-14(15-9-4-2-5-10(9)15)8-11-12(16)6-3-7-13(11)17/h3,6-7,9-10,14-15,18H,2,4-5,8H2,1H3. The van der Waals surface area contributed by atoms with Crippen molar-refractivity contribution < 1.29 is 8.78 Å². The van der Waals surface area contributed by atoms with Crippen molar-refractivity contribution in [2.75, 3.05) is 7.05 Å². The molecule has 0 spiro atoms. The van der Waals surface area contributed by atoms with E-state index < -0.39 is 11.6 Å². The number of rotatable bonds is 4. The number of hydrogen-bond acceptors (Lipinski definition) is 1. The Morgan fingerprint density at radius 1 is 1.22 bits per heavy atom. The fourth-order valence-corrected chi connectivity index (χ4v) is 3.85. The van der Waals surface area contributed by atoms with E-state index >= 15 is 0 Å². The van der Waals surface area contributed by atoms with Gasteiger partial charge in [0.2, 0.25) is 0 Å². The van der Waals surface area contributed by atoms with Gasteiger partial charge < -0.3 is 5.32 Å². The molecule has 3 atom stereocenters. The maximum Gasteiger partial charge on any atom is 0.129 e. The van der Waals surface area contributed by atoms with E-state index in [0.717, 1.165) is 11.8 Å². The van der Waals surface area contributed by atoms with Crippen LogP contribution < -0.4 is 5.32 Å². The van der Waals surface area contributed by atoms with Crippen molar-refractivity contribution >= 4 is 0 Å². The zero-order valence-electron chi connectivity index (χ0n) is 10.6. The topological polar surface area (TPSA) is 12.0 Å². The lowest BCUT2D eigenvalue weighted by Crippen LogP contribution is -2.32. The summed E-state index contributed by atoms with van der Waals surface area (Å²) in [6, 6.07) is 4.33. The van der Waals surface area contributed by atoms with Crippen LogP contribution in [-0.2, 0) is 6.42 Å². The molecule has 2 aliphatic rings. The molecule has 0 radical (unpaired) electrons. The van der Waals surface area contributed by atoms with Crippen LogP contribution in [0.25, 0.3) is 0 Å². The van der Waals surface area contributed by atoms with E-state index in [4.69, 9.17) is 0 Å². The summed E-state index contributed by atoms with van der Waals surface area (Å²) in [5, 5.41) is 3.26. The van der Waals surface area contributed by atoms with E-state index in [2.05, 4.69) is 5.32 Å². The van der Waals surface area contributed by atoms with Gasteiger partial charge in [0, 0.05) is 11.6 Å². The van der Waals surface area contributed by atoms with Crippen LogP contribution in [-0.4, -0.2) is 13.1 Å². The minimum atomic E-state index is -0.416. The van der Waals surface area contributed by atoms with E-state index in [1.54, 1.807) is 0 Å². The molecule has 2 fully saturated rings. The monoisotopic (exact) mass is 251 g/mol. The van der Waals surface area contributed by atoms with Crippen molar-refractivity contribution in [3.8, 4) is 0 Å². The van der Waals surface area contributed by atoms with Crippen molar-refractivity contribution in [2.45, 2.75) is 31.7 Å². The first kappa shape index (κ1) is 12.1. The van der Waals surface area contributed by atoms with Gasteiger partial charge in [-0.05, 0) is 56.2 Å². The summed E-state index contributed by atoms with van der Waals surface area (Å²) >= 11 is 0. The summed E-state index contributed by atoms with van der Waals surface area (Å²) in [5.41, 5.74) is 0.238. The van der Waals surface area contributed by atoms with Crippen molar-refractivity contribution in [3.05, 3.63) is 35.4 Å². The molecule has 3 heteroatoms. The molecule has 3 rings (SSSR count). The Morgan fingerprint density at radius 3 is 2.39 bits per heavy atom. The Hall–Kier alpha value is -0.960. The Morgan fingerprint density at radius 2 is 1.83 bits per heavy atom. The molecule has 18 heavy (non-hydrogen) atoms. The molecule has 0 saturated heterocycles. The highest BCUT2D eigenvalue weighted by Gasteiger charge is 2.55. The first-order valence-corrected chi connectivity index (χ1v) is 6.82. The van der Waals surface area contributed by atoms with Crippen molar-refractivity contribution in [3.63, 3.8) is 0 Å². The maximum absolute atomic E-state index is 13.7. The molecular weight excluding hydrogens is 232 g/mol. The summed E-state index contributed by atoms with van der Waals surface area (Å²) in [7, 11) is 1.90. The van der Waals surface area contributed by atoms with Gasteiger partial charge in [-0.15, -0.1) is 0 Å². The third kappa shape index (κ3) is 1.95. The predicted molar refractivity (Wildman–Crippen MR) is 67.2 cm³/mol. The van der Waals surface area contributed by atoms with Crippen LogP contribution in [0.5, 0.6) is 0 Å². The molecule has 0 aromatic heterocycles. The lowest BCUT2D eigenvalue weighted by Gasteiger charge is -2.19. The third-order valence-corrected chi connectivity index (χ3v) is 4.79. The van der Waals surface area contributed by atoms with Crippen molar-refractivity contribution in [1.82, 2.24) is 5.32 Å². The molecule has 1 aromatic rings. The number of fused-ring (bicyclic) bond motifs is 1. The van der Waals surface area contributed by atoms with Crippen LogP contribution in [0.3, 0.4) is 0 Å². The molecule has 1 aromatic carbocycles. The molecule has 3 unspecified atom stereocenters. The van der Waals surface area contributed by atoms with E-state index in [0.29, 0.717) is 12.3 Å². The second-order valence-corrected chi connectivity index (χ2v) is 5.64. The molecule has 0 amide bonds. The average molecular weight is 251 g/mol. The van der Waals surface area contributed by atoms with Crippen LogP contribution in [0, 0.1) is 29.4 Å². The molecule has 0 heterocycles. The van der Waals surface area contributed by atoms with Crippen molar-refractivity contribution in [1.29, 1.82) is 0 Å². The van der Waals surface area contributed by atoms with Crippen molar-refractivity contribution in [2.24, 2.45) is 17.8 Å². The van der Waals surface area contributed by atoms with Gasteiger partial charge in [0.1, 0.15) is 11.6 Å². The fourth-order valence-electron chi connectivity index (χ4n) is 3.85. The Labute approximate surface area is 107 Å². The quantitative estimate of drug-likeness (QED) is 0.867. The minimum absolute atomic E-state index is 0.215. The summed E-state index contributed by atoms with van der Waals surface area (Å²) < 4.78 is 27.3. The van der Waals surface area contributed by atoms with E-state index in [9.17, 15) is 8.78 Å². The van der Waals surface area contributed by atoms with Gasteiger partial charge in [0.15, 0.2) is 0 Å². The Bertz CT molecular complexity index is 416. The van der Waals surface area contributed by atoms with Crippen LogP contribution >= 0.6 is 0 Å². The largest absolute Gasteiger partial charge is 0.316 e. The first-order chi connectivity index (χ1) is 8.72. The molecule has 2 saturated carbocycles. The van der Waals surface area contributed by atoms with Gasteiger partial charge >= 0.3 is 0 Å². The van der Waals surface area contributed by atoms with Gasteiger partial charge in [-0.1, -0.05) is 12.5 Å². The SMILES string of the molecule is CNC(Cc1c(F)cccc1F)C1C2CCCC21. The lowest BCUT2D eigenvalue weighted by atomic mass is 9.96. The molecule has 2 aliphatic carbocycles. The molecule has 0 aliphatic heterocycles. The summed E-state index contributed by atoms with van der Waals surface area (Å²) in [6.07, 6.45) is 4.39. The normalized spacial score (nSPS) is 31.2. The van der Waals surface area contributed by atoms with Crippen LogP contribution in [0.4, 0.5) is 8.78 Å². The molecule has 1 N–H and O–H groups in total. The highest BCUT2D eigenvalue weighted by Crippen LogP contribution is 2.59. The Balaban J connectivity index is 1.74. The van der Waals surface area contributed by atoms with E-state index in [1.165, 1.54) is 37.5 Å². The zero-order valence-corrected chi connectivity index (χ0v) is 10.6. The van der Waals surface area contributed by atoms with Gasteiger partial charge in [-0.2, -0.15) is 0 Å².